The molecular formula is C14H28N2O2. The molecule has 4 nitrogen and oxygen atoms in total. The van der Waals surface area contributed by atoms with E-state index in [9.17, 15) is 4.79 Å². The average molecular weight is 256 g/mol. The van der Waals surface area contributed by atoms with E-state index in [0.717, 1.165) is 39.0 Å². The molecular weight excluding hydrogens is 228 g/mol. The topological polar surface area (TPSA) is 50.4 Å². The van der Waals surface area contributed by atoms with Crippen molar-refractivity contribution in [1.29, 1.82) is 0 Å². The van der Waals surface area contributed by atoms with Crippen molar-refractivity contribution in [2.45, 2.75) is 40.0 Å². The lowest BCUT2D eigenvalue weighted by atomic mass is 9.75. The second-order valence-corrected chi connectivity index (χ2v) is 5.46. The number of nitrogens with one attached hydrogen (secondary N) is 2. The summed E-state index contributed by atoms with van der Waals surface area (Å²) in [5.41, 5.74) is -0.219. The van der Waals surface area contributed by atoms with E-state index in [1.807, 2.05) is 0 Å². The minimum Gasteiger partial charge on any atom is -0.380 e. The quantitative estimate of drug-likeness (QED) is 0.648. The molecule has 1 atom stereocenters. The standard InChI is InChI=1S/C14H28N2O2/c1-4-5-9-18-10-8-16-13(17)14(12(2)3)6-7-15-11-14/h12,15H,4-11H2,1-3H3,(H,16,17). The highest BCUT2D eigenvalue weighted by molar-refractivity contribution is 5.83. The zero-order valence-electron chi connectivity index (χ0n) is 12.1. The summed E-state index contributed by atoms with van der Waals surface area (Å²) in [6.07, 6.45) is 3.18. The fraction of sp³-hybridized carbons (Fsp3) is 0.929. The SMILES string of the molecule is CCCCOCCNC(=O)C1(C(C)C)CCNC1. The molecule has 1 rings (SSSR count). The Morgan fingerprint density at radius 1 is 1.44 bits per heavy atom. The third-order valence-electron chi connectivity index (χ3n) is 3.92. The first kappa shape index (κ1) is 15.4. The van der Waals surface area contributed by atoms with Gasteiger partial charge in [-0.15, -0.1) is 0 Å². The minimum absolute atomic E-state index is 0.182. The van der Waals surface area contributed by atoms with Crippen LogP contribution in [-0.2, 0) is 9.53 Å². The molecule has 1 amide bonds. The van der Waals surface area contributed by atoms with Crippen molar-refractivity contribution in [2.24, 2.45) is 11.3 Å². The highest BCUT2D eigenvalue weighted by Gasteiger charge is 2.43. The van der Waals surface area contributed by atoms with Gasteiger partial charge in [0.25, 0.3) is 0 Å². The van der Waals surface area contributed by atoms with Crippen molar-refractivity contribution < 1.29 is 9.53 Å². The number of rotatable bonds is 8. The van der Waals surface area contributed by atoms with Crippen LogP contribution in [0.2, 0.25) is 0 Å². The fourth-order valence-corrected chi connectivity index (χ4v) is 2.42. The molecule has 0 saturated carbocycles. The van der Waals surface area contributed by atoms with Crippen LogP contribution in [0.4, 0.5) is 0 Å². The Hall–Kier alpha value is -0.610. The van der Waals surface area contributed by atoms with Gasteiger partial charge in [0, 0.05) is 19.7 Å². The van der Waals surface area contributed by atoms with Gasteiger partial charge < -0.3 is 15.4 Å². The van der Waals surface area contributed by atoms with Crippen LogP contribution in [-0.4, -0.2) is 38.8 Å². The molecule has 1 unspecified atom stereocenters. The van der Waals surface area contributed by atoms with Crippen molar-refractivity contribution in [1.82, 2.24) is 10.6 Å². The lowest BCUT2D eigenvalue weighted by Gasteiger charge is -2.31. The molecule has 1 aliphatic heterocycles. The summed E-state index contributed by atoms with van der Waals surface area (Å²) in [4.78, 5) is 12.3. The number of unbranched alkanes of at least 4 members (excludes halogenated alkanes) is 1. The smallest absolute Gasteiger partial charge is 0.227 e. The van der Waals surface area contributed by atoms with Crippen LogP contribution < -0.4 is 10.6 Å². The molecule has 1 heterocycles. The molecule has 4 heteroatoms. The Balaban J connectivity index is 2.26. The van der Waals surface area contributed by atoms with E-state index < -0.39 is 0 Å². The van der Waals surface area contributed by atoms with Crippen LogP contribution in [0.15, 0.2) is 0 Å². The molecule has 0 aromatic heterocycles. The van der Waals surface area contributed by atoms with E-state index in [1.165, 1.54) is 0 Å². The zero-order chi connectivity index (χ0) is 13.4. The van der Waals surface area contributed by atoms with Crippen LogP contribution in [0.5, 0.6) is 0 Å². The first-order chi connectivity index (χ1) is 8.63. The Kier molecular flexibility index (Phi) is 6.65. The van der Waals surface area contributed by atoms with Gasteiger partial charge in [-0.1, -0.05) is 27.2 Å². The van der Waals surface area contributed by atoms with Crippen molar-refractivity contribution in [3.05, 3.63) is 0 Å². The van der Waals surface area contributed by atoms with E-state index in [4.69, 9.17) is 4.74 Å². The van der Waals surface area contributed by atoms with Gasteiger partial charge in [-0.05, 0) is 25.3 Å². The molecule has 2 N–H and O–H groups in total. The molecule has 0 aliphatic carbocycles. The number of carbonyl (C=O) groups excluding carboxylic acids is 1. The molecule has 0 aromatic rings. The van der Waals surface area contributed by atoms with E-state index in [1.54, 1.807) is 0 Å². The molecule has 106 valence electrons. The van der Waals surface area contributed by atoms with Gasteiger partial charge >= 0.3 is 0 Å². The summed E-state index contributed by atoms with van der Waals surface area (Å²) < 4.78 is 5.45. The first-order valence-corrected chi connectivity index (χ1v) is 7.20. The molecule has 0 bridgehead atoms. The highest BCUT2D eigenvalue weighted by Crippen LogP contribution is 2.34. The van der Waals surface area contributed by atoms with Gasteiger partial charge in [0.05, 0.1) is 12.0 Å². The maximum Gasteiger partial charge on any atom is 0.227 e. The van der Waals surface area contributed by atoms with Gasteiger partial charge in [-0.2, -0.15) is 0 Å². The summed E-state index contributed by atoms with van der Waals surface area (Å²) in [6, 6.07) is 0. The number of ether oxygens (including phenoxy) is 1. The Labute approximate surface area is 111 Å². The van der Waals surface area contributed by atoms with Gasteiger partial charge in [0.2, 0.25) is 5.91 Å². The Morgan fingerprint density at radius 3 is 2.78 bits per heavy atom. The highest BCUT2D eigenvalue weighted by atomic mass is 16.5. The average Bonchev–Trinajstić information content (AvgIpc) is 2.84. The second-order valence-electron chi connectivity index (χ2n) is 5.46. The predicted octanol–water partition coefficient (Wildman–Crippen LogP) is 1.56. The molecule has 1 fully saturated rings. The van der Waals surface area contributed by atoms with Crippen LogP contribution in [0.25, 0.3) is 0 Å². The first-order valence-electron chi connectivity index (χ1n) is 7.20. The van der Waals surface area contributed by atoms with Gasteiger partial charge in [0.1, 0.15) is 0 Å². The van der Waals surface area contributed by atoms with Gasteiger partial charge in [-0.25, -0.2) is 0 Å². The largest absolute Gasteiger partial charge is 0.380 e. The van der Waals surface area contributed by atoms with E-state index in [0.29, 0.717) is 19.1 Å². The summed E-state index contributed by atoms with van der Waals surface area (Å²) in [7, 11) is 0. The molecule has 1 saturated heterocycles. The van der Waals surface area contributed by atoms with Crippen molar-refractivity contribution in [2.75, 3.05) is 32.8 Å². The Morgan fingerprint density at radius 2 is 2.22 bits per heavy atom. The van der Waals surface area contributed by atoms with Crippen molar-refractivity contribution >= 4 is 5.91 Å². The number of carbonyl (C=O) groups is 1. The number of hydrogen-bond donors (Lipinski definition) is 2. The summed E-state index contributed by atoms with van der Waals surface area (Å²) >= 11 is 0. The zero-order valence-corrected chi connectivity index (χ0v) is 12.1. The molecule has 0 spiro atoms. The maximum absolute atomic E-state index is 12.3. The van der Waals surface area contributed by atoms with Crippen molar-refractivity contribution in [3.63, 3.8) is 0 Å². The number of amides is 1. The Bertz CT molecular complexity index is 248. The van der Waals surface area contributed by atoms with Crippen LogP contribution in [0.3, 0.4) is 0 Å². The normalized spacial score (nSPS) is 23.6. The summed E-state index contributed by atoms with van der Waals surface area (Å²) in [5.74, 6) is 0.551. The third kappa shape index (κ3) is 3.95. The van der Waals surface area contributed by atoms with E-state index >= 15 is 0 Å². The lowest BCUT2D eigenvalue weighted by Crippen LogP contribution is -2.46. The van der Waals surface area contributed by atoms with Crippen LogP contribution in [0.1, 0.15) is 40.0 Å². The molecule has 0 aromatic carbocycles. The van der Waals surface area contributed by atoms with Gasteiger partial charge in [0.15, 0.2) is 0 Å². The van der Waals surface area contributed by atoms with Crippen LogP contribution in [0, 0.1) is 11.3 Å². The fourth-order valence-electron chi connectivity index (χ4n) is 2.42. The summed E-state index contributed by atoms with van der Waals surface area (Å²) in [5, 5.41) is 6.32. The minimum atomic E-state index is -0.219. The van der Waals surface area contributed by atoms with Crippen LogP contribution >= 0.6 is 0 Å². The predicted molar refractivity (Wildman–Crippen MR) is 73.5 cm³/mol. The molecule has 0 radical (unpaired) electrons. The van der Waals surface area contributed by atoms with E-state index in [2.05, 4.69) is 31.4 Å². The third-order valence-corrected chi connectivity index (χ3v) is 3.92. The lowest BCUT2D eigenvalue weighted by molar-refractivity contribution is -0.132. The number of hydrogen-bond acceptors (Lipinski definition) is 3. The van der Waals surface area contributed by atoms with E-state index in [-0.39, 0.29) is 11.3 Å². The monoisotopic (exact) mass is 256 g/mol. The summed E-state index contributed by atoms with van der Waals surface area (Å²) in [6.45, 7) is 10.2. The second kappa shape index (κ2) is 7.74. The van der Waals surface area contributed by atoms with Crippen molar-refractivity contribution in [3.8, 4) is 0 Å². The van der Waals surface area contributed by atoms with Gasteiger partial charge in [-0.3, -0.25) is 4.79 Å². The maximum atomic E-state index is 12.3. The molecule has 1 aliphatic rings. The molecule has 18 heavy (non-hydrogen) atoms.